The second-order valence-corrected chi connectivity index (χ2v) is 6.58. The van der Waals surface area contributed by atoms with Crippen LogP contribution in [-0.4, -0.2) is 28.5 Å². The van der Waals surface area contributed by atoms with Gasteiger partial charge >= 0.3 is 5.97 Å². The van der Waals surface area contributed by atoms with Crippen molar-refractivity contribution < 1.29 is 14.3 Å². The van der Waals surface area contributed by atoms with Crippen LogP contribution in [0.5, 0.6) is 0 Å². The molecule has 8 heteroatoms. The van der Waals surface area contributed by atoms with Gasteiger partial charge in [-0.25, -0.2) is 9.97 Å². The van der Waals surface area contributed by atoms with Crippen molar-refractivity contribution >= 4 is 51.7 Å². The van der Waals surface area contributed by atoms with Crippen LogP contribution in [0.1, 0.15) is 19.8 Å². The number of esters is 1. The zero-order chi connectivity index (χ0) is 17.3. The van der Waals surface area contributed by atoms with E-state index in [2.05, 4.69) is 15.3 Å². The number of hydrogen-bond donors (Lipinski definition) is 1. The minimum Gasteiger partial charge on any atom is -0.466 e. The number of fused-ring (bicyclic) bond motifs is 1. The summed E-state index contributed by atoms with van der Waals surface area (Å²) in [6.45, 7) is 1.76. The highest BCUT2D eigenvalue weighted by Crippen LogP contribution is 2.41. The van der Waals surface area contributed by atoms with Gasteiger partial charge in [-0.05, 0) is 35.8 Å². The van der Waals surface area contributed by atoms with E-state index in [4.69, 9.17) is 27.9 Å². The number of carbonyl (C=O) groups excluding carboxylic acids is 2. The summed E-state index contributed by atoms with van der Waals surface area (Å²) in [6.07, 6.45) is 2.82. The molecule has 2 aromatic rings. The maximum atomic E-state index is 12.1. The van der Waals surface area contributed by atoms with Crippen molar-refractivity contribution in [3.05, 3.63) is 28.6 Å². The Morgan fingerprint density at radius 3 is 2.88 bits per heavy atom. The predicted molar refractivity (Wildman–Crippen MR) is 91.0 cm³/mol. The zero-order valence-electron chi connectivity index (χ0n) is 12.9. The number of pyridine rings is 2. The summed E-state index contributed by atoms with van der Waals surface area (Å²) in [4.78, 5) is 31.0. The van der Waals surface area contributed by atoms with Gasteiger partial charge in [-0.3, -0.25) is 9.59 Å². The van der Waals surface area contributed by atoms with E-state index in [1.807, 2.05) is 0 Å². The van der Waals surface area contributed by atoms with E-state index >= 15 is 0 Å². The van der Waals surface area contributed by atoms with E-state index < -0.39 is 0 Å². The molecule has 0 aliphatic heterocycles. The van der Waals surface area contributed by atoms with Crippen LogP contribution in [0.15, 0.2) is 18.3 Å². The minimum absolute atomic E-state index is 0.122. The number of halogens is 2. The standard InChI is InChI=1S/C16H15Cl2N3O3/c1-8(22)24-7-11-2-9(11)5-15(23)21-14-4-10-3-13(17)20-16(18)12(10)6-19-14/h3-4,6,9,11H,2,5,7H2,1H3,(H,19,21,23). The minimum atomic E-state index is -0.294. The first-order chi connectivity index (χ1) is 11.4. The van der Waals surface area contributed by atoms with Gasteiger partial charge in [0.15, 0.2) is 0 Å². The lowest BCUT2D eigenvalue weighted by molar-refractivity contribution is -0.141. The van der Waals surface area contributed by atoms with Crippen molar-refractivity contribution in [2.75, 3.05) is 11.9 Å². The lowest BCUT2D eigenvalue weighted by Gasteiger charge is -2.07. The summed E-state index contributed by atoms with van der Waals surface area (Å²) in [7, 11) is 0. The average Bonchev–Trinajstić information content (AvgIpc) is 3.22. The number of hydrogen-bond acceptors (Lipinski definition) is 5. The first-order valence-electron chi connectivity index (χ1n) is 7.47. The van der Waals surface area contributed by atoms with E-state index in [0.29, 0.717) is 24.2 Å². The fraction of sp³-hybridized carbons (Fsp3) is 0.375. The van der Waals surface area contributed by atoms with Gasteiger partial charge in [0, 0.05) is 24.9 Å². The first-order valence-corrected chi connectivity index (χ1v) is 8.23. The molecule has 1 fully saturated rings. The Labute approximate surface area is 148 Å². The Bertz CT molecular complexity index is 812. The number of anilines is 1. The second-order valence-electron chi connectivity index (χ2n) is 5.84. The Kier molecular flexibility index (Phi) is 4.87. The number of nitrogens with zero attached hydrogens (tertiary/aromatic N) is 2. The molecular weight excluding hydrogens is 353 g/mol. The van der Waals surface area contributed by atoms with Crippen molar-refractivity contribution in [1.29, 1.82) is 0 Å². The van der Waals surface area contributed by atoms with Crippen LogP contribution in [0.25, 0.3) is 10.8 Å². The van der Waals surface area contributed by atoms with Gasteiger partial charge in [-0.15, -0.1) is 0 Å². The largest absolute Gasteiger partial charge is 0.466 e. The summed E-state index contributed by atoms with van der Waals surface area (Å²) < 4.78 is 4.95. The van der Waals surface area contributed by atoms with Gasteiger partial charge in [0.25, 0.3) is 0 Å². The van der Waals surface area contributed by atoms with E-state index in [0.717, 1.165) is 11.8 Å². The van der Waals surface area contributed by atoms with E-state index in [1.165, 1.54) is 6.92 Å². The van der Waals surface area contributed by atoms with Gasteiger partial charge in [-0.1, -0.05) is 23.2 Å². The third-order valence-electron chi connectivity index (χ3n) is 3.92. The molecule has 0 aromatic carbocycles. The van der Waals surface area contributed by atoms with Crippen molar-refractivity contribution in [3.63, 3.8) is 0 Å². The van der Waals surface area contributed by atoms with Gasteiger partial charge < -0.3 is 10.1 Å². The lowest BCUT2D eigenvalue weighted by Crippen LogP contribution is -2.14. The third kappa shape index (κ3) is 4.13. The highest BCUT2D eigenvalue weighted by molar-refractivity contribution is 6.36. The van der Waals surface area contributed by atoms with Gasteiger partial charge in [0.2, 0.25) is 5.91 Å². The molecule has 2 aromatic heterocycles. The molecule has 2 unspecified atom stereocenters. The van der Waals surface area contributed by atoms with E-state index in [-0.39, 0.29) is 34.0 Å². The summed E-state index contributed by atoms with van der Waals surface area (Å²) in [5.74, 6) is 0.537. The first kappa shape index (κ1) is 16.9. The molecule has 1 amide bonds. The highest BCUT2D eigenvalue weighted by atomic mass is 35.5. The topological polar surface area (TPSA) is 81.2 Å². The van der Waals surface area contributed by atoms with Crippen LogP contribution >= 0.6 is 23.2 Å². The molecule has 0 saturated heterocycles. The molecule has 2 heterocycles. The molecule has 1 aliphatic rings. The summed E-state index contributed by atoms with van der Waals surface area (Å²) in [6, 6.07) is 3.37. The van der Waals surface area contributed by atoms with Gasteiger partial charge in [-0.2, -0.15) is 0 Å². The van der Waals surface area contributed by atoms with Crippen molar-refractivity contribution in [2.24, 2.45) is 11.8 Å². The SMILES string of the molecule is CC(=O)OCC1CC1CC(=O)Nc1cc2cc(Cl)nc(Cl)c2cn1. The molecule has 3 rings (SSSR count). The average molecular weight is 368 g/mol. The molecule has 1 aliphatic carbocycles. The predicted octanol–water partition coefficient (Wildman–Crippen LogP) is 3.46. The monoisotopic (exact) mass is 367 g/mol. The van der Waals surface area contributed by atoms with Crippen molar-refractivity contribution in [3.8, 4) is 0 Å². The molecule has 126 valence electrons. The van der Waals surface area contributed by atoms with Crippen LogP contribution < -0.4 is 5.32 Å². The fourth-order valence-electron chi connectivity index (χ4n) is 2.57. The number of ether oxygens (including phenoxy) is 1. The van der Waals surface area contributed by atoms with Crippen molar-refractivity contribution in [2.45, 2.75) is 19.8 Å². The molecule has 0 radical (unpaired) electrons. The zero-order valence-corrected chi connectivity index (χ0v) is 14.4. The van der Waals surface area contributed by atoms with Crippen LogP contribution in [0, 0.1) is 11.8 Å². The number of rotatable bonds is 5. The van der Waals surface area contributed by atoms with Crippen LogP contribution in [-0.2, 0) is 14.3 Å². The summed E-state index contributed by atoms with van der Waals surface area (Å²) in [5, 5.41) is 4.74. The number of amides is 1. The summed E-state index contributed by atoms with van der Waals surface area (Å²) in [5.41, 5.74) is 0. The second kappa shape index (κ2) is 6.91. The van der Waals surface area contributed by atoms with Gasteiger partial charge in [0.05, 0.1) is 6.61 Å². The Morgan fingerprint density at radius 1 is 1.33 bits per heavy atom. The smallest absolute Gasteiger partial charge is 0.302 e. The van der Waals surface area contributed by atoms with Gasteiger partial charge in [0.1, 0.15) is 16.1 Å². The molecule has 1 N–H and O–H groups in total. The molecule has 1 saturated carbocycles. The van der Waals surface area contributed by atoms with Crippen LogP contribution in [0.2, 0.25) is 10.3 Å². The maximum absolute atomic E-state index is 12.1. The number of aromatic nitrogens is 2. The third-order valence-corrected chi connectivity index (χ3v) is 4.40. The quantitative estimate of drug-likeness (QED) is 0.646. The Morgan fingerprint density at radius 2 is 2.12 bits per heavy atom. The summed E-state index contributed by atoms with van der Waals surface area (Å²) >= 11 is 11.9. The number of nitrogens with one attached hydrogen (secondary N) is 1. The molecule has 2 atom stereocenters. The Hall–Kier alpha value is -1.92. The molecule has 6 nitrogen and oxygen atoms in total. The van der Waals surface area contributed by atoms with Crippen LogP contribution in [0.3, 0.4) is 0 Å². The molecule has 24 heavy (non-hydrogen) atoms. The number of carbonyl (C=O) groups is 2. The fourth-order valence-corrected chi connectivity index (χ4v) is 3.06. The molecule has 0 bridgehead atoms. The lowest BCUT2D eigenvalue weighted by atomic mass is 10.2. The van der Waals surface area contributed by atoms with Crippen LogP contribution in [0.4, 0.5) is 5.82 Å². The maximum Gasteiger partial charge on any atom is 0.302 e. The highest BCUT2D eigenvalue weighted by Gasteiger charge is 2.39. The molecule has 0 spiro atoms. The van der Waals surface area contributed by atoms with E-state index in [1.54, 1.807) is 18.3 Å². The van der Waals surface area contributed by atoms with E-state index in [9.17, 15) is 9.59 Å². The normalized spacial score (nSPS) is 19.1. The van der Waals surface area contributed by atoms with Crippen molar-refractivity contribution in [1.82, 2.24) is 9.97 Å². The Balaban J connectivity index is 1.59. The molecular formula is C16H15Cl2N3O3.